The van der Waals surface area contributed by atoms with Gasteiger partial charge in [-0.2, -0.15) is 0 Å². The van der Waals surface area contributed by atoms with E-state index in [9.17, 15) is 49.8 Å². The summed E-state index contributed by atoms with van der Waals surface area (Å²) in [6, 6.07) is 81.0. The van der Waals surface area contributed by atoms with Crippen molar-refractivity contribution < 1.29 is 116 Å². The largest absolute Gasteiger partial charge is 0.490 e. The van der Waals surface area contributed by atoms with Gasteiger partial charge in [0.2, 0.25) is 0 Å². The summed E-state index contributed by atoms with van der Waals surface area (Å²) in [7, 11) is 3.21. The zero-order valence-corrected chi connectivity index (χ0v) is 85.4. The molecule has 12 aromatic carbocycles. The molecule has 148 heavy (non-hydrogen) atoms. The van der Waals surface area contributed by atoms with Crippen LogP contribution in [-0.2, 0) is 80.9 Å². The Labute approximate surface area is 866 Å². The van der Waals surface area contributed by atoms with Gasteiger partial charge in [0.25, 0.3) is 0 Å². The van der Waals surface area contributed by atoms with E-state index in [0.29, 0.717) is 73.0 Å². The molecule has 2 aliphatic rings. The summed E-state index contributed by atoms with van der Waals surface area (Å²) >= 11 is 0. The predicted molar refractivity (Wildman–Crippen MR) is 573 cm³/mol. The smallest absolute Gasteiger partial charge is 0.339 e. The molecule has 2 aliphatic carbocycles. The lowest BCUT2D eigenvalue weighted by atomic mass is 9.66. The van der Waals surface area contributed by atoms with Crippen molar-refractivity contribution in [2.45, 2.75) is 134 Å². The second-order valence-electron chi connectivity index (χ2n) is 37.4. The van der Waals surface area contributed by atoms with Gasteiger partial charge in [0.15, 0.2) is 0 Å². The summed E-state index contributed by atoms with van der Waals surface area (Å²) in [5, 5.41) is 66.8. The van der Waals surface area contributed by atoms with Crippen molar-refractivity contribution in [3.63, 3.8) is 0 Å². The Morgan fingerprint density at radius 2 is 0.561 bits per heavy atom. The number of aromatic nitrogens is 1. The van der Waals surface area contributed by atoms with E-state index in [1.54, 1.807) is 62.8 Å². The molecule has 780 valence electrons. The molecule has 0 spiro atoms. The standard InChI is InChI=1S/C123H139NO24/c1-5-7-9-11-13-21-27-99(28-22-14-12-10-8-6-2)124-114-77-91(89-33-43-102-100-41-31-87(85-23-17-15-18-24-85)73-110(100)122(112(102)75-89,95-37-29-93(106(79-95)118(127)128)83-145-67-65-141-59-57-137-51-49-125)97-39-47-116(108(81-97)120(131)132)147-71-69-143-63-61-139-55-53-135-3)35-45-104(114)105-46-36-92(78-115(105)124)90-34-44-103-101-42-32-88(86-25-19-16-20-26-86)74-111(101)123(113(103)76-90,96-38-30-94(107(80-96)119(129)130)84-146-68-66-142-60-58-138-52-50-126)98-40-48-117(109(82-98)121(133)134)148-72-70-144-64-62-140-56-54-136-4/h15-20,23-26,29-48,73-82,99,125-126H,5-14,21-22,27-28,49-72,83-84H2,1-4H3,(H,127,128)(H,129,130)(H,131,132)(H,133,134). The Hall–Kier alpha value is -12.6. The zero-order chi connectivity index (χ0) is 103. The molecule has 25 heteroatoms. The maximum atomic E-state index is 14.2. The minimum Gasteiger partial charge on any atom is -0.490 e. The summed E-state index contributed by atoms with van der Waals surface area (Å²) < 4.78 is 83.3. The molecule has 0 saturated heterocycles. The second-order valence-corrected chi connectivity index (χ2v) is 37.4. The fraction of sp³-hybridized carbons (Fsp3) is 0.382. The molecule has 25 nitrogen and oxygen atoms in total. The quantitative estimate of drug-likeness (QED) is 0.0193. The molecule has 0 radical (unpaired) electrons. The van der Waals surface area contributed by atoms with Crippen molar-refractivity contribution in [1.29, 1.82) is 0 Å². The van der Waals surface area contributed by atoms with Crippen molar-refractivity contribution in [1.82, 2.24) is 4.57 Å². The molecule has 2 atom stereocenters. The van der Waals surface area contributed by atoms with Crippen LogP contribution in [0.25, 0.3) is 88.6 Å². The van der Waals surface area contributed by atoms with Gasteiger partial charge in [-0.1, -0.05) is 261 Å². The molecule has 0 aliphatic heterocycles. The predicted octanol–water partition coefficient (Wildman–Crippen LogP) is 23.2. The van der Waals surface area contributed by atoms with E-state index < -0.39 is 34.7 Å². The minimum atomic E-state index is -1.44. The normalized spacial score (nSPS) is 14.0. The third-order valence-corrected chi connectivity index (χ3v) is 28.0. The highest BCUT2D eigenvalue weighted by Crippen LogP contribution is 2.61. The highest BCUT2D eigenvalue weighted by Gasteiger charge is 2.50. The lowest BCUT2D eigenvalue weighted by molar-refractivity contribution is 0.00435. The van der Waals surface area contributed by atoms with E-state index in [1.165, 1.54) is 12.8 Å². The SMILES string of the molecule is CCCCCCCCC(CCCCCCCC)n1c2cc(-c3ccc4c(c3)C(c3ccc(COCCOCCOCCO)c(C(=O)O)c3)(c3ccc(OCCOCCOCCOC)c(C(=O)O)c3)c3cc(-c5ccccc5)ccc3-4)ccc2c2ccc(-c3ccc4c(c3)C(c3ccc(COCCOCCOCCO)c(C(=O)O)c3)(c3ccc(OCCOCCOCCOC)c(C(=O)O)c3)c3cc(-c5ccccc5)ccc3-4)cc21. The second kappa shape index (κ2) is 55.6. The number of ether oxygens (including phenoxy) is 14. The van der Waals surface area contributed by atoms with Gasteiger partial charge in [-0.15, -0.1) is 0 Å². The Bertz CT molecular complexity index is 6000. The Kier molecular flexibility index (Phi) is 41.1. The fourth-order valence-corrected chi connectivity index (χ4v) is 20.8. The summed E-state index contributed by atoms with van der Waals surface area (Å²) in [6.07, 6.45) is 15.1. The number of aliphatic hydroxyl groups excluding tert-OH is 2. The zero-order valence-electron chi connectivity index (χ0n) is 85.4. The van der Waals surface area contributed by atoms with Gasteiger partial charge in [0.05, 0.1) is 181 Å². The summed E-state index contributed by atoms with van der Waals surface area (Å²) in [4.78, 5) is 56.7. The monoisotopic (exact) mass is 2010 g/mol. The number of carbonyl (C=O) groups is 4. The number of methoxy groups -OCH3 is 2. The fourth-order valence-electron chi connectivity index (χ4n) is 20.8. The number of hydrogen-bond acceptors (Lipinski definition) is 20. The number of nitrogens with zero attached hydrogens (tertiary/aromatic N) is 1. The molecule has 1 aromatic heterocycles. The van der Waals surface area contributed by atoms with E-state index in [2.05, 4.69) is 152 Å². The van der Waals surface area contributed by atoms with E-state index >= 15 is 0 Å². The van der Waals surface area contributed by atoms with Gasteiger partial charge in [-0.3, -0.25) is 0 Å². The van der Waals surface area contributed by atoms with Crippen LogP contribution in [0.2, 0.25) is 0 Å². The number of unbranched alkanes of at least 4 members (excludes halogenated alkanes) is 10. The van der Waals surface area contributed by atoms with Crippen molar-refractivity contribution >= 4 is 45.7 Å². The number of benzene rings is 12. The number of aliphatic hydroxyl groups is 2. The number of carboxylic acid groups (broad SMARTS) is 4. The first-order chi connectivity index (χ1) is 72.6. The molecule has 2 unspecified atom stereocenters. The van der Waals surface area contributed by atoms with Crippen molar-refractivity contribution in [3.8, 4) is 78.3 Å². The average Bonchev–Trinajstić information content (AvgIpc) is 1.57. The third kappa shape index (κ3) is 26.4. The number of aromatic carboxylic acids is 4. The maximum Gasteiger partial charge on any atom is 0.339 e. The number of fused-ring (bicyclic) bond motifs is 9. The molecule has 0 saturated carbocycles. The van der Waals surface area contributed by atoms with Gasteiger partial charge in [0, 0.05) is 42.1 Å². The van der Waals surface area contributed by atoms with E-state index in [1.807, 2.05) is 60.7 Å². The summed E-state index contributed by atoms with van der Waals surface area (Å²) in [5.74, 6) is -4.62. The van der Waals surface area contributed by atoms with Crippen LogP contribution < -0.4 is 9.47 Å². The van der Waals surface area contributed by atoms with Crippen molar-refractivity contribution in [2.24, 2.45) is 0 Å². The maximum absolute atomic E-state index is 14.2. The van der Waals surface area contributed by atoms with Crippen molar-refractivity contribution in [2.75, 3.05) is 173 Å². The first kappa shape index (κ1) is 110. The van der Waals surface area contributed by atoms with Crippen LogP contribution in [0, 0.1) is 0 Å². The number of hydrogen-bond donors (Lipinski definition) is 6. The third-order valence-electron chi connectivity index (χ3n) is 28.0. The first-order valence-corrected chi connectivity index (χ1v) is 52.1. The molecule has 1 heterocycles. The lowest BCUT2D eigenvalue weighted by Crippen LogP contribution is -2.30. The molecular formula is C123H139NO24. The van der Waals surface area contributed by atoms with Gasteiger partial charge in [-0.25, -0.2) is 19.2 Å². The van der Waals surface area contributed by atoms with Crippen LogP contribution in [0.4, 0.5) is 0 Å². The van der Waals surface area contributed by atoms with Crippen LogP contribution in [0.5, 0.6) is 11.5 Å². The van der Waals surface area contributed by atoms with Gasteiger partial charge in [-0.05, 0) is 208 Å². The van der Waals surface area contributed by atoms with Crippen LogP contribution in [0.15, 0.2) is 243 Å². The molecular weight excluding hydrogens is 1880 g/mol. The average molecular weight is 2020 g/mol. The van der Waals surface area contributed by atoms with Gasteiger partial charge < -0.3 is 102 Å². The van der Waals surface area contributed by atoms with Crippen LogP contribution in [0.3, 0.4) is 0 Å². The van der Waals surface area contributed by atoms with Gasteiger partial charge in [0.1, 0.15) is 35.8 Å². The van der Waals surface area contributed by atoms with E-state index in [0.717, 1.165) is 188 Å². The first-order valence-electron chi connectivity index (χ1n) is 52.1. The van der Waals surface area contributed by atoms with Gasteiger partial charge >= 0.3 is 23.9 Å². The highest BCUT2D eigenvalue weighted by molar-refractivity contribution is 6.11. The van der Waals surface area contributed by atoms with E-state index in [4.69, 9.17) is 66.3 Å². The van der Waals surface area contributed by atoms with Crippen LogP contribution >= 0.6 is 0 Å². The Balaban J connectivity index is 0.915. The Morgan fingerprint density at radius 1 is 0.277 bits per heavy atom. The molecule has 0 bridgehead atoms. The Morgan fingerprint density at radius 3 is 0.892 bits per heavy atom. The number of rotatable bonds is 67. The topological polar surface area (TPSA) is 324 Å². The van der Waals surface area contributed by atoms with Crippen LogP contribution in [-0.4, -0.2) is 232 Å². The van der Waals surface area contributed by atoms with Crippen molar-refractivity contribution in [3.05, 3.63) is 321 Å². The lowest BCUT2D eigenvalue weighted by Gasteiger charge is -2.35. The molecule has 13 aromatic rings. The molecule has 6 N–H and O–H groups in total. The minimum absolute atomic E-state index is 0.00860. The molecule has 0 amide bonds. The summed E-state index contributed by atoms with van der Waals surface area (Å²) in [5.41, 5.74) is 15.7. The molecule has 0 fully saturated rings. The van der Waals surface area contributed by atoms with E-state index in [-0.39, 0.29) is 172 Å². The van der Waals surface area contributed by atoms with Crippen LogP contribution in [0.1, 0.15) is 207 Å². The number of carboxylic acids is 4. The molecule has 15 rings (SSSR count). The summed E-state index contributed by atoms with van der Waals surface area (Å²) in [6.45, 7) is 9.60. The highest BCUT2D eigenvalue weighted by atomic mass is 16.6.